The zero-order valence-electron chi connectivity index (χ0n) is 15.6. The fourth-order valence-corrected chi connectivity index (χ4v) is 3.50. The first kappa shape index (κ1) is 17.5. The van der Waals surface area contributed by atoms with Gasteiger partial charge in [-0.25, -0.2) is 4.79 Å². The third kappa shape index (κ3) is 3.39. The third-order valence-corrected chi connectivity index (χ3v) is 5.44. The number of aromatic nitrogens is 1. The first-order valence-electron chi connectivity index (χ1n) is 9.30. The van der Waals surface area contributed by atoms with Crippen LogP contribution in [0.25, 0.3) is 0 Å². The number of nitrogens with one attached hydrogen (secondary N) is 1. The van der Waals surface area contributed by atoms with Crippen molar-refractivity contribution in [2.75, 3.05) is 18.4 Å². The summed E-state index contributed by atoms with van der Waals surface area (Å²) in [7, 11) is 0. The molecular formula is C21H23N3O3. The monoisotopic (exact) mass is 365 g/mol. The van der Waals surface area contributed by atoms with Gasteiger partial charge in [-0.1, -0.05) is 13.0 Å². The molecule has 1 aromatic heterocycles. The fraction of sp³-hybridized carbons (Fsp3) is 0.381. The number of urea groups is 1. The van der Waals surface area contributed by atoms with Crippen molar-refractivity contribution in [3.63, 3.8) is 0 Å². The molecule has 0 unspecified atom stereocenters. The maximum Gasteiger partial charge on any atom is 0.321 e. The number of ether oxygens (including phenoxy) is 1. The Balaban J connectivity index is 1.40. The van der Waals surface area contributed by atoms with E-state index in [1.807, 2.05) is 32.0 Å². The van der Waals surface area contributed by atoms with E-state index in [-0.39, 0.29) is 17.7 Å². The number of hydrogen-bond donors (Lipinski definition) is 1. The number of hydrogen-bond acceptors (Lipinski definition) is 4. The number of nitrogens with zero attached hydrogens (tertiary/aromatic N) is 2. The molecule has 0 radical (unpaired) electrons. The first-order chi connectivity index (χ1) is 13.0. The van der Waals surface area contributed by atoms with Crippen LogP contribution >= 0.6 is 0 Å². The highest BCUT2D eigenvalue weighted by atomic mass is 16.5. The van der Waals surface area contributed by atoms with Crippen LogP contribution in [0.2, 0.25) is 0 Å². The fourth-order valence-electron chi connectivity index (χ4n) is 3.50. The molecule has 4 rings (SSSR count). The topological polar surface area (TPSA) is 71.5 Å². The van der Waals surface area contributed by atoms with Crippen molar-refractivity contribution >= 4 is 17.5 Å². The molecule has 140 valence electrons. The second-order valence-electron chi connectivity index (χ2n) is 7.50. The van der Waals surface area contributed by atoms with Gasteiger partial charge in [0.05, 0.1) is 12.0 Å². The van der Waals surface area contributed by atoms with Crippen LogP contribution in [0.4, 0.5) is 10.5 Å². The number of carbonyl (C=O) groups excluding carboxylic acids is 2. The molecule has 1 atom stereocenters. The van der Waals surface area contributed by atoms with Crippen LogP contribution < -0.4 is 10.1 Å². The number of ketones is 1. The Morgan fingerprint density at radius 3 is 2.85 bits per heavy atom. The average molecular weight is 365 g/mol. The Morgan fingerprint density at radius 1 is 1.33 bits per heavy atom. The molecule has 1 saturated heterocycles. The normalized spacial score (nSPS) is 21.9. The number of fused-ring (bicyclic) bond motifs is 1. The van der Waals surface area contributed by atoms with Crippen molar-refractivity contribution in [3.8, 4) is 5.75 Å². The molecule has 1 N–H and O–H groups in total. The molecule has 0 saturated carbocycles. The lowest BCUT2D eigenvalue weighted by Gasteiger charge is -2.38. The average Bonchev–Trinajstić information content (AvgIpc) is 2.62. The Morgan fingerprint density at radius 2 is 2.15 bits per heavy atom. The third-order valence-electron chi connectivity index (χ3n) is 5.44. The van der Waals surface area contributed by atoms with E-state index >= 15 is 0 Å². The Bertz CT molecular complexity index is 877. The first-order valence-corrected chi connectivity index (χ1v) is 9.30. The molecule has 6 heteroatoms. The van der Waals surface area contributed by atoms with E-state index < -0.39 is 5.60 Å². The van der Waals surface area contributed by atoms with Gasteiger partial charge < -0.3 is 15.0 Å². The van der Waals surface area contributed by atoms with Gasteiger partial charge in [-0.2, -0.15) is 0 Å². The minimum atomic E-state index is -0.451. The molecule has 2 aliphatic heterocycles. The van der Waals surface area contributed by atoms with Gasteiger partial charge >= 0.3 is 6.03 Å². The number of benzene rings is 1. The van der Waals surface area contributed by atoms with Crippen molar-refractivity contribution < 1.29 is 14.3 Å². The van der Waals surface area contributed by atoms with Gasteiger partial charge in [0.25, 0.3) is 0 Å². The van der Waals surface area contributed by atoms with E-state index in [1.165, 1.54) is 0 Å². The van der Waals surface area contributed by atoms with Gasteiger partial charge in [-0.15, -0.1) is 0 Å². The lowest BCUT2D eigenvalue weighted by molar-refractivity contribution is 0.0499. The van der Waals surface area contributed by atoms with E-state index in [0.717, 1.165) is 12.1 Å². The maximum atomic E-state index is 12.5. The van der Waals surface area contributed by atoms with E-state index in [1.54, 1.807) is 29.3 Å². The molecule has 0 aliphatic carbocycles. The van der Waals surface area contributed by atoms with Crippen molar-refractivity contribution in [2.24, 2.45) is 0 Å². The molecule has 0 spiro atoms. The predicted molar refractivity (Wildman–Crippen MR) is 102 cm³/mol. The molecule has 1 aromatic carbocycles. The van der Waals surface area contributed by atoms with E-state index in [0.29, 0.717) is 36.5 Å². The second-order valence-corrected chi connectivity index (χ2v) is 7.50. The smallest absolute Gasteiger partial charge is 0.321 e. The number of amides is 2. The molecule has 2 amide bonds. The number of anilines is 1. The van der Waals surface area contributed by atoms with E-state index in [9.17, 15) is 9.59 Å². The molecule has 1 fully saturated rings. The minimum Gasteiger partial charge on any atom is -0.486 e. The molecule has 6 nitrogen and oxygen atoms in total. The van der Waals surface area contributed by atoms with Crippen LogP contribution in [0.3, 0.4) is 0 Å². The number of Topliss-reactive ketones (excluding diaryl/α,β-unsaturated/α-hetero) is 1. The highest BCUT2D eigenvalue weighted by Crippen LogP contribution is 2.36. The molecule has 27 heavy (non-hydrogen) atoms. The van der Waals surface area contributed by atoms with Gasteiger partial charge in [-0.05, 0) is 43.7 Å². The van der Waals surface area contributed by atoms with Crippen LogP contribution in [0.5, 0.6) is 5.75 Å². The van der Waals surface area contributed by atoms with Gasteiger partial charge in [0.2, 0.25) is 0 Å². The van der Waals surface area contributed by atoms with Crippen molar-refractivity contribution in [1.82, 2.24) is 9.88 Å². The zero-order valence-corrected chi connectivity index (χ0v) is 15.6. The highest BCUT2D eigenvalue weighted by Gasteiger charge is 2.36. The summed E-state index contributed by atoms with van der Waals surface area (Å²) in [5, 5.41) is 2.88. The van der Waals surface area contributed by atoms with Gasteiger partial charge in [0, 0.05) is 36.6 Å². The summed E-state index contributed by atoms with van der Waals surface area (Å²) in [5.41, 5.74) is 1.70. The Hall–Kier alpha value is -2.89. The number of likely N-dealkylation sites (tertiary alicyclic amines) is 1. The van der Waals surface area contributed by atoms with Gasteiger partial charge in [-0.3, -0.25) is 9.78 Å². The molecule has 2 aliphatic rings. The van der Waals surface area contributed by atoms with Crippen LogP contribution in [0, 0.1) is 0 Å². The lowest BCUT2D eigenvalue weighted by atomic mass is 9.89. The Labute approximate surface area is 158 Å². The highest BCUT2D eigenvalue weighted by molar-refractivity contribution is 6.02. The minimum absolute atomic E-state index is 0.0517. The zero-order chi connectivity index (χ0) is 19.0. The van der Waals surface area contributed by atoms with Crippen LogP contribution in [-0.4, -0.2) is 40.4 Å². The van der Waals surface area contributed by atoms with Crippen LogP contribution in [0.15, 0.2) is 42.6 Å². The van der Waals surface area contributed by atoms with E-state index in [4.69, 9.17) is 4.74 Å². The number of pyridine rings is 1. The SMILES string of the molecule is CC[C@]1(C)CC(=O)c2cc(NC(=O)N3CC(c4ccccn4)C3)ccc2O1. The summed E-state index contributed by atoms with van der Waals surface area (Å²) < 4.78 is 5.99. The lowest BCUT2D eigenvalue weighted by Crippen LogP contribution is -2.50. The van der Waals surface area contributed by atoms with Gasteiger partial charge in [0.1, 0.15) is 11.4 Å². The predicted octanol–water partition coefficient (Wildman–Crippen LogP) is 3.85. The summed E-state index contributed by atoms with van der Waals surface area (Å²) in [5.74, 6) is 0.922. The quantitative estimate of drug-likeness (QED) is 0.897. The summed E-state index contributed by atoms with van der Waals surface area (Å²) in [6, 6.07) is 10.9. The second kappa shape index (κ2) is 6.68. The van der Waals surface area contributed by atoms with Crippen LogP contribution in [0.1, 0.15) is 48.7 Å². The molecule has 0 bridgehead atoms. The van der Waals surface area contributed by atoms with Crippen LogP contribution in [-0.2, 0) is 0 Å². The molecule has 3 heterocycles. The largest absolute Gasteiger partial charge is 0.486 e. The van der Waals surface area contributed by atoms with Crippen molar-refractivity contribution in [1.29, 1.82) is 0 Å². The summed E-state index contributed by atoms with van der Waals surface area (Å²) in [6.07, 6.45) is 2.89. The molecular weight excluding hydrogens is 342 g/mol. The van der Waals surface area contributed by atoms with Crippen molar-refractivity contribution in [3.05, 3.63) is 53.9 Å². The number of carbonyl (C=O) groups is 2. The Kier molecular flexibility index (Phi) is 4.34. The van der Waals surface area contributed by atoms with Crippen molar-refractivity contribution in [2.45, 2.75) is 38.2 Å². The summed E-state index contributed by atoms with van der Waals surface area (Å²) in [6.45, 7) is 5.25. The summed E-state index contributed by atoms with van der Waals surface area (Å²) >= 11 is 0. The van der Waals surface area contributed by atoms with Gasteiger partial charge in [0.15, 0.2) is 5.78 Å². The standard InChI is InChI=1S/C21H23N3O3/c1-3-21(2)11-18(25)16-10-15(7-8-19(16)27-21)23-20(26)24-12-14(13-24)17-6-4-5-9-22-17/h4-10,14H,3,11-13H2,1-2H3,(H,23,26)/t21-/m1/s1. The maximum absolute atomic E-state index is 12.5. The summed E-state index contributed by atoms with van der Waals surface area (Å²) in [4.78, 5) is 31.0. The molecule has 2 aromatic rings. The van der Waals surface area contributed by atoms with E-state index in [2.05, 4.69) is 10.3 Å². The number of rotatable bonds is 3.